The van der Waals surface area contributed by atoms with Gasteiger partial charge < -0.3 is 0 Å². The van der Waals surface area contributed by atoms with Crippen LogP contribution in [0.1, 0.15) is 5.82 Å². The standard InChI is InChI=1S/C11H9ClN4O2S3/c1-6-13-9-8(10(12)14-6)15-16(19-2)11(9)21(17,18)7-4-3-5-20-7/h3-5H,1-2H3. The first-order valence-corrected chi connectivity index (χ1v) is 9.63. The molecule has 0 aliphatic carbocycles. The minimum atomic E-state index is -3.71. The van der Waals surface area contributed by atoms with Gasteiger partial charge in [-0.25, -0.2) is 18.4 Å². The van der Waals surface area contributed by atoms with Gasteiger partial charge in [0, 0.05) is 6.26 Å². The second-order valence-corrected chi connectivity index (χ2v) is 8.16. The highest BCUT2D eigenvalue weighted by molar-refractivity contribution is 7.98. The number of thiophene rings is 1. The lowest BCUT2D eigenvalue weighted by molar-refractivity contribution is 0.593. The Hall–Kier alpha value is -1.16. The Balaban J connectivity index is 2.42. The van der Waals surface area contributed by atoms with Gasteiger partial charge in [0.1, 0.15) is 15.6 Å². The molecule has 3 heterocycles. The highest BCUT2D eigenvalue weighted by Gasteiger charge is 2.30. The van der Waals surface area contributed by atoms with E-state index in [4.69, 9.17) is 11.6 Å². The Labute approximate surface area is 134 Å². The summed E-state index contributed by atoms with van der Waals surface area (Å²) in [5.41, 5.74) is 0.530. The first-order valence-electron chi connectivity index (χ1n) is 5.71. The number of halogens is 1. The SMILES string of the molecule is CSn1nc2c(Cl)nc(C)nc2c1S(=O)(=O)c1cccs1. The van der Waals surface area contributed by atoms with Crippen LogP contribution in [0.2, 0.25) is 5.15 Å². The van der Waals surface area contributed by atoms with Gasteiger partial charge in [-0.2, -0.15) is 9.19 Å². The Kier molecular flexibility index (Phi) is 3.68. The molecule has 0 atom stereocenters. The maximum Gasteiger partial charge on any atom is 0.236 e. The molecule has 21 heavy (non-hydrogen) atoms. The molecule has 0 aromatic carbocycles. The molecule has 0 amide bonds. The quantitative estimate of drug-likeness (QED) is 0.668. The first-order chi connectivity index (χ1) is 9.95. The predicted molar refractivity (Wildman–Crippen MR) is 83.8 cm³/mol. The number of aryl methyl sites for hydroxylation is 1. The molecular weight excluding hydrogens is 352 g/mol. The Bertz CT molecular complexity index is 919. The number of sulfone groups is 1. The van der Waals surface area contributed by atoms with Crippen molar-refractivity contribution in [3.05, 3.63) is 28.5 Å². The summed E-state index contributed by atoms with van der Waals surface area (Å²) < 4.78 is 27.2. The maximum atomic E-state index is 12.8. The van der Waals surface area contributed by atoms with E-state index in [1.807, 2.05) is 0 Å². The van der Waals surface area contributed by atoms with Crippen molar-refractivity contribution in [2.75, 3.05) is 6.26 Å². The summed E-state index contributed by atoms with van der Waals surface area (Å²) in [6.45, 7) is 1.66. The normalized spacial score (nSPS) is 12.1. The molecule has 0 N–H and O–H groups in total. The molecule has 0 aliphatic heterocycles. The maximum absolute atomic E-state index is 12.8. The molecule has 10 heteroatoms. The molecule has 3 aromatic rings. The van der Waals surface area contributed by atoms with Gasteiger partial charge >= 0.3 is 0 Å². The van der Waals surface area contributed by atoms with Gasteiger partial charge in [-0.15, -0.1) is 11.3 Å². The van der Waals surface area contributed by atoms with Crippen LogP contribution in [0.4, 0.5) is 0 Å². The highest BCUT2D eigenvalue weighted by Crippen LogP contribution is 2.33. The fourth-order valence-corrected chi connectivity index (χ4v) is 5.50. The molecule has 6 nitrogen and oxygen atoms in total. The summed E-state index contributed by atoms with van der Waals surface area (Å²) in [5.74, 6) is 0.399. The topological polar surface area (TPSA) is 77.7 Å². The fourth-order valence-electron chi connectivity index (χ4n) is 1.86. The van der Waals surface area contributed by atoms with Gasteiger partial charge in [-0.3, -0.25) is 0 Å². The van der Waals surface area contributed by atoms with Gasteiger partial charge in [0.15, 0.2) is 15.7 Å². The summed E-state index contributed by atoms with van der Waals surface area (Å²) in [7, 11) is -3.71. The number of hydrogen-bond acceptors (Lipinski definition) is 7. The molecule has 3 rings (SSSR count). The van der Waals surface area contributed by atoms with Crippen LogP contribution in [-0.2, 0) is 9.84 Å². The van der Waals surface area contributed by atoms with E-state index in [0.29, 0.717) is 5.82 Å². The van der Waals surface area contributed by atoms with E-state index in [1.165, 1.54) is 4.09 Å². The Morgan fingerprint density at radius 1 is 1.33 bits per heavy atom. The lowest BCUT2D eigenvalue weighted by Crippen LogP contribution is -2.06. The second kappa shape index (κ2) is 5.24. The number of aromatic nitrogens is 4. The molecule has 0 radical (unpaired) electrons. The minimum Gasteiger partial charge on any atom is -0.228 e. The van der Waals surface area contributed by atoms with Crippen LogP contribution < -0.4 is 0 Å². The number of hydrogen-bond donors (Lipinski definition) is 0. The van der Waals surface area contributed by atoms with Crippen LogP contribution in [0.25, 0.3) is 11.0 Å². The second-order valence-electron chi connectivity index (χ2n) is 4.06. The van der Waals surface area contributed by atoms with Gasteiger partial charge in [0.05, 0.1) is 0 Å². The monoisotopic (exact) mass is 360 g/mol. The van der Waals surface area contributed by atoms with Gasteiger partial charge in [-0.1, -0.05) is 17.7 Å². The largest absolute Gasteiger partial charge is 0.236 e. The van der Waals surface area contributed by atoms with Gasteiger partial charge in [0.25, 0.3) is 0 Å². The zero-order chi connectivity index (χ0) is 15.2. The minimum absolute atomic E-state index is 0.0276. The summed E-state index contributed by atoms with van der Waals surface area (Å²) in [6, 6.07) is 3.24. The smallest absolute Gasteiger partial charge is 0.228 e. The molecule has 0 bridgehead atoms. The van der Waals surface area contributed by atoms with Crippen LogP contribution >= 0.6 is 34.9 Å². The van der Waals surface area contributed by atoms with Crippen molar-refractivity contribution < 1.29 is 8.42 Å². The molecule has 3 aromatic heterocycles. The average molecular weight is 361 g/mol. The molecule has 0 saturated heterocycles. The van der Waals surface area contributed by atoms with Crippen molar-refractivity contribution in [1.82, 2.24) is 19.2 Å². The van der Waals surface area contributed by atoms with E-state index >= 15 is 0 Å². The average Bonchev–Trinajstić information content (AvgIpc) is 3.05. The number of fused-ring (bicyclic) bond motifs is 1. The lowest BCUT2D eigenvalue weighted by Gasteiger charge is -2.03. The molecule has 0 spiro atoms. The van der Waals surface area contributed by atoms with E-state index in [1.54, 1.807) is 30.7 Å². The van der Waals surface area contributed by atoms with Crippen molar-refractivity contribution in [2.24, 2.45) is 0 Å². The van der Waals surface area contributed by atoms with E-state index in [2.05, 4.69) is 15.1 Å². The Morgan fingerprint density at radius 2 is 2.10 bits per heavy atom. The van der Waals surface area contributed by atoms with Crippen LogP contribution in [0.3, 0.4) is 0 Å². The van der Waals surface area contributed by atoms with Crippen molar-refractivity contribution in [3.8, 4) is 0 Å². The van der Waals surface area contributed by atoms with Crippen LogP contribution in [0.5, 0.6) is 0 Å². The third kappa shape index (κ3) is 2.33. The van der Waals surface area contributed by atoms with Crippen LogP contribution in [0, 0.1) is 6.92 Å². The van der Waals surface area contributed by atoms with E-state index in [9.17, 15) is 8.42 Å². The van der Waals surface area contributed by atoms with Crippen molar-refractivity contribution in [2.45, 2.75) is 16.2 Å². The predicted octanol–water partition coefficient (Wildman–Crippen LogP) is 2.81. The molecule has 0 aliphatic rings. The van der Waals surface area contributed by atoms with Crippen molar-refractivity contribution >= 4 is 55.8 Å². The van der Waals surface area contributed by atoms with Gasteiger partial charge in [-0.05, 0) is 30.3 Å². The number of rotatable bonds is 3. The first kappa shape index (κ1) is 14.8. The lowest BCUT2D eigenvalue weighted by atomic mass is 10.4. The van der Waals surface area contributed by atoms with E-state index < -0.39 is 9.84 Å². The Morgan fingerprint density at radius 3 is 2.71 bits per heavy atom. The molecular formula is C11H9ClN4O2S3. The number of nitrogens with zero attached hydrogens (tertiary/aromatic N) is 4. The zero-order valence-electron chi connectivity index (χ0n) is 10.9. The van der Waals surface area contributed by atoms with Gasteiger partial charge in [0.2, 0.25) is 9.84 Å². The van der Waals surface area contributed by atoms with Crippen molar-refractivity contribution in [3.63, 3.8) is 0 Å². The molecule has 0 saturated carbocycles. The fraction of sp³-hybridized carbons (Fsp3) is 0.182. The third-order valence-electron chi connectivity index (χ3n) is 2.71. The molecule has 0 fully saturated rings. The molecule has 0 unspecified atom stereocenters. The highest BCUT2D eigenvalue weighted by atomic mass is 35.5. The zero-order valence-corrected chi connectivity index (χ0v) is 14.1. The van der Waals surface area contributed by atoms with E-state index in [0.717, 1.165) is 23.3 Å². The van der Waals surface area contributed by atoms with Crippen LogP contribution in [-0.4, -0.2) is 33.8 Å². The van der Waals surface area contributed by atoms with E-state index in [-0.39, 0.29) is 25.4 Å². The summed E-state index contributed by atoms with van der Waals surface area (Å²) in [4.78, 5) is 8.23. The summed E-state index contributed by atoms with van der Waals surface area (Å²) >= 11 is 8.37. The van der Waals surface area contributed by atoms with Crippen molar-refractivity contribution in [1.29, 1.82) is 0 Å². The third-order valence-corrected chi connectivity index (χ3v) is 6.85. The summed E-state index contributed by atoms with van der Waals surface area (Å²) in [6.07, 6.45) is 1.73. The summed E-state index contributed by atoms with van der Waals surface area (Å²) in [5, 5.41) is 6.08. The van der Waals surface area contributed by atoms with Crippen LogP contribution in [0.15, 0.2) is 26.7 Å². The molecule has 110 valence electrons.